The summed E-state index contributed by atoms with van der Waals surface area (Å²) in [6, 6.07) is 6.96. The quantitative estimate of drug-likeness (QED) is 0.687. The van der Waals surface area contributed by atoms with Crippen molar-refractivity contribution in [3.8, 4) is 0 Å². The number of urea groups is 1. The van der Waals surface area contributed by atoms with Crippen LogP contribution in [-0.4, -0.2) is 54.3 Å². The molecule has 0 radical (unpaired) electrons. The van der Waals surface area contributed by atoms with E-state index in [-0.39, 0.29) is 29.1 Å². The molecule has 2 aromatic rings. The van der Waals surface area contributed by atoms with Crippen molar-refractivity contribution < 1.29 is 22.8 Å². The van der Waals surface area contributed by atoms with Crippen LogP contribution in [0.5, 0.6) is 0 Å². The van der Waals surface area contributed by atoms with E-state index in [9.17, 15) is 22.8 Å². The number of nitrogens with zero attached hydrogens (tertiary/aromatic N) is 3. The molecule has 0 unspecified atom stereocenters. The number of ketones is 1. The molecule has 0 aliphatic carbocycles. The minimum absolute atomic E-state index is 0.101. The van der Waals surface area contributed by atoms with Crippen LogP contribution in [0, 0.1) is 17.5 Å². The number of hydrogen-bond donors (Lipinski definition) is 0. The number of rotatable bonds is 5. The van der Waals surface area contributed by atoms with Crippen LogP contribution in [0.1, 0.15) is 29.8 Å². The number of benzene rings is 2. The zero-order chi connectivity index (χ0) is 21.8. The highest BCUT2D eigenvalue weighted by molar-refractivity contribution is 5.94. The molecule has 0 N–H and O–H groups in total. The van der Waals surface area contributed by atoms with E-state index in [0.717, 1.165) is 23.6 Å². The van der Waals surface area contributed by atoms with E-state index in [0.29, 0.717) is 26.2 Å². The van der Waals surface area contributed by atoms with Gasteiger partial charge in [-0.25, -0.2) is 18.0 Å². The predicted molar refractivity (Wildman–Crippen MR) is 108 cm³/mol. The smallest absolute Gasteiger partial charge is 0.322 e. The molecule has 0 aromatic heterocycles. The number of carbonyl (C=O) groups excluding carboxylic acids is 2. The van der Waals surface area contributed by atoms with Gasteiger partial charge in [-0.15, -0.1) is 0 Å². The first-order valence-electron chi connectivity index (χ1n) is 9.84. The summed E-state index contributed by atoms with van der Waals surface area (Å²) in [5.41, 5.74) is 0.0407. The maximum absolute atomic E-state index is 14.6. The maximum Gasteiger partial charge on any atom is 0.324 e. The van der Waals surface area contributed by atoms with Gasteiger partial charge in [0.25, 0.3) is 0 Å². The summed E-state index contributed by atoms with van der Waals surface area (Å²) >= 11 is 0. The summed E-state index contributed by atoms with van der Waals surface area (Å²) in [7, 11) is 0. The van der Waals surface area contributed by atoms with E-state index in [1.54, 1.807) is 4.90 Å². The molecule has 1 fully saturated rings. The molecule has 8 heteroatoms. The van der Waals surface area contributed by atoms with Crippen molar-refractivity contribution in [2.45, 2.75) is 20.4 Å². The van der Waals surface area contributed by atoms with Crippen molar-refractivity contribution in [3.63, 3.8) is 0 Å². The zero-order valence-electron chi connectivity index (χ0n) is 17.0. The number of anilines is 1. The fraction of sp³-hybridized carbons (Fsp3) is 0.364. The highest BCUT2D eigenvalue weighted by atomic mass is 19.2. The number of piperazine rings is 1. The van der Waals surface area contributed by atoms with E-state index in [2.05, 4.69) is 4.90 Å². The van der Waals surface area contributed by atoms with Crippen molar-refractivity contribution in [2.75, 3.05) is 37.6 Å². The maximum atomic E-state index is 14.6. The molecular weight excluding hydrogens is 395 g/mol. The summed E-state index contributed by atoms with van der Waals surface area (Å²) in [5, 5.41) is 0. The molecule has 1 heterocycles. The molecule has 1 aliphatic heterocycles. The van der Waals surface area contributed by atoms with Crippen LogP contribution in [0.3, 0.4) is 0 Å². The number of carbonyl (C=O) groups is 2. The lowest BCUT2D eigenvalue weighted by Gasteiger charge is -2.37. The molecule has 5 nitrogen and oxygen atoms in total. The minimum Gasteiger partial charge on any atom is -0.322 e. The second-order valence-electron chi connectivity index (χ2n) is 7.23. The van der Waals surface area contributed by atoms with E-state index >= 15 is 0 Å². The Bertz CT molecular complexity index is 943. The van der Waals surface area contributed by atoms with Crippen LogP contribution < -0.4 is 4.90 Å². The molecule has 0 atom stereocenters. The SMILES string of the molecule is CCN1CCN(C(=O)N(Cc2ccc(C(C)=O)cc2F)c2cccc(F)c2F)CC1. The average molecular weight is 419 g/mol. The van der Waals surface area contributed by atoms with Crippen molar-refractivity contribution in [1.29, 1.82) is 0 Å². The number of halogens is 3. The third-order valence-corrected chi connectivity index (χ3v) is 5.33. The second-order valence-corrected chi connectivity index (χ2v) is 7.23. The Hall–Kier alpha value is -2.87. The van der Waals surface area contributed by atoms with Crippen LogP contribution in [0.25, 0.3) is 0 Å². The summed E-state index contributed by atoms with van der Waals surface area (Å²) in [5.74, 6) is -3.24. The van der Waals surface area contributed by atoms with E-state index in [1.165, 1.54) is 31.2 Å². The minimum atomic E-state index is -1.17. The van der Waals surface area contributed by atoms with Crippen molar-refractivity contribution in [2.24, 2.45) is 0 Å². The molecule has 0 saturated carbocycles. The fourth-order valence-electron chi connectivity index (χ4n) is 3.45. The molecular formula is C22H24F3N3O2. The van der Waals surface area contributed by atoms with Gasteiger partial charge in [-0.2, -0.15) is 0 Å². The zero-order valence-corrected chi connectivity index (χ0v) is 17.0. The lowest BCUT2D eigenvalue weighted by Crippen LogP contribution is -2.53. The first kappa shape index (κ1) is 21.8. The van der Waals surface area contributed by atoms with Crippen molar-refractivity contribution in [1.82, 2.24) is 9.80 Å². The van der Waals surface area contributed by atoms with Crippen LogP contribution >= 0.6 is 0 Å². The van der Waals surface area contributed by atoms with Gasteiger partial charge in [0.1, 0.15) is 5.82 Å². The summed E-state index contributed by atoms with van der Waals surface area (Å²) < 4.78 is 43.0. The molecule has 1 saturated heterocycles. The van der Waals surface area contributed by atoms with Crippen LogP contribution in [-0.2, 0) is 6.54 Å². The lowest BCUT2D eigenvalue weighted by atomic mass is 10.1. The van der Waals surface area contributed by atoms with Gasteiger partial charge in [-0.1, -0.05) is 25.1 Å². The highest BCUT2D eigenvalue weighted by Gasteiger charge is 2.29. The Balaban J connectivity index is 1.93. The van der Waals surface area contributed by atoms with Crippen molar-refractivity contribution in [3.05, 3.63) is 65.0 Å². The average Bonchev–Trinajstić information content (AvgIpc) is 2.74. The van der Waals surface area contributed by atoms with Crippen LogP contribution in [0.15, 0.2) is 36.4 Å². The first-order valence-corrected chi connectivity index (χ1v) is 9.84. The Kier molecular flexibility index (Phi) is 6.77. The fourth-order valence-corrected chi connectivity index (χ4v) is 3.45. The van der Waals surface area contributed by atoms with Crippen LogP contribution in [0.4, 0.5) is 23.7 Å². The highest BCUT2D eigenvalue weighted by Crippen LogP contribution is 2.26. The van der Waals surface area contributed by atoms with Gasteiger partial charge in [0.15, 0.2) is 17.4 Å². The summed E-state index contributed by atoms with van der Waals surface area (Å²) in [6.45, 7) is 6.13. The standard InChI is InChI=1S/C22H24F3N3O2/c1-3-26-9-11-27(12-10-26)22(30)28(20-6-4-5-18(23)21(20)25)14-17-8-7-16(15(2)29)13-19(17)24/h4-8,13H,3,9-12,14H2,1-2H3. The van der Waals surface area contributed by atoms with Gasteiger partial charge in [-0.3, -0.25) is 9.69 Å². The van der Waals surface area contributed by atoms with Gasteiger partial charge in [0.2, 0.25) is 0 Å². The van der Waals surface area contributed by atoms with Gasteiger partial charge in [-0.05, 0) is 31.7 Å². The largest absolute Gasteiger partial charge is 0.324 e. The number of amides is 2. The van der Waals surface area contributed by atoms with Gasteiger partial charge in [0.05, 0.1) is 12.2 Å². The molecule has 2 amide bonds. The van der Waals surface area contributed by atoms with E-state index in [1.807, 2.05) is 6.92 Å². The molecule has 1 aliphatic rings. The normalized spacial score (nSPS) is 14.6. The predicted octanol–water partition coefficient (Wildman–Crippen LogP) is 4.07. The van der Waals surface area contributed by atoms with Gasteiger partial charge < -0.3 is 9.80 Å². The molecule has 160 valence electrons. The molecule has 0 spiro atoms. The molecule has 2 aromatic carbocycles. The topological polar surface area (TPSA) is 43.9 Å². The van der Waals surface area contributed by atoms with Crippen molar-refractivity contribution >= 4 is 17.5 Å². The van der Waals surface area contributed by atoms with E-state index in [4.69, 9.17) is 0 Å². The Morgan fingerprint density at radius 3 is 2.30 bits per heavy atom. The van der Waals surface area contributed by atoms with Crippen LogP contribution in [0.2, 0.25) is 0 Å². The van der Waals surface area contributed by atoms with Gasteiger partial charge in [0, 0.05) is 37.3 Å². The Morgan fingerprint density at radius 1 is 1.00 bits per heavy atom. The third-order valence-electron chi connectivity index (χ3n) is 5.33. The molecule has 3 rings (SSSR count). The molecule has 30 heavy (non-hydrogen) atoms. The number of likely N-dealkylation sites (N-methyl/N-ethyl adjacent to an activating group) is 1. The van der Waals surface area contributed by atoms with E-state index < -0.39 is 23.5 Å². The number of Topliss-reactive ketones (excluding diaryl/α,β-unsaturated/α-hetero) is 1. The summed E-state index contributed by atoms with van der Waals surface area (Å²) in [6.07, 6.45) is 0. The number of hydrogen-bond acceptors (Lipinski definition) is 3. The second kappa shape index (κ2) is 9.30. The Morgan fingerprint density at radius 2 is 1.70 bits per heavy atom. The monoisotopic (exact) mass is 419 g/mol. The first-order chi connectivity index (χ1) is 14.3. The Labute approximate surface area is 173 Å². The molecule has 0 bridgehead atoms. The lowest BCUT2D eigenvalue weighted by molar-refractivity contribution is 0.101. The van der Waals surface area contributed by atoms with Gasteiger partial charge >= 0.3 is 6.03 Å². The third kappa shape index (κ3) is 4.64. The summed E-state index contributed by atoms with van der Waals surface area (Å²) in [4.78, 5) is 29.5.